The van der Waals surface area contributed by atoms with Gasteiger partial charge in [0.05, 0.1) is 36.8 Å². The number of rotatable bonds is 4. The topological polar surface area (TPSA) is 102 Å². The molecule has 1 saturated carbocycles. The number of quaternary nitrogens is 1. The Balaban J connectivity index is 1.24. The maximum atomic E-state index is 12.9. The number of anilines is 1. The molecule has 0 spiro atoms. The number of hydrogen-bond donors (Lipinski definition) is 2. The van der Waals surface area contributed by atoms with Crippen molar-refractivity contribution in [2.45, 2.75) is 6.18 Å². The van der Waals surface area contributed by atoms with E-state index in [9.17, 15) is 18.0 Å². The van der Waals surface area contributed by atoms with Gasteiger partial charge in [-0.3, -0.25) is 9.79 Å². The van der Waals surface area contributed by atoms with Crippen molar-refractivity contribution in [3.05, 3.63) is 83.1 Å². The molecule has 3 N–H and O–H groups in total. The zero-order chi connectivity index (χ0) is 24.4. The van der Waals surface area contributed by atoms with E-state index in [1.54, 1.807) is 42.9 Å². The number of carbonyl (C=O) groups is 1. The predicted molar refractivity (Wildman–Crippen MR) is 121 cm³/mol. The van der Waals surface area contributed by atoms with E-state index in [-0.39, 0.29) is 16.0 Å². The minimum atomic E-state index is -4.53. The molecule has 8 nitrogen and oxygen atoms in total. The summed E-state index contributed by atoms with van der Waals surface area (Å²) >= 11 is 0. The monoisotopic (exact) mass is 481 g/mol. The van der Waals surface area contributed by atoms with Crippen LogP contribution in [0.25, 0.3) is 0 Å². The fourth-order valence-corrected chi connectivity index (χ4v) is 4.93. The molecule has 4 atom stereocenters. The number of fused-ring (bicyclic) bond motifs is 2. The third-order valence-corrected chi connectivity index (χ3v) is 6.82. The van der Waals surface area contributed by atoms with Crippen LogP contribution in [0.3, 0.4) is 0 Å². The van der Waals surface area contributed by atoms with Gasteiger partial charge in [0.15, 0.2) is 0 Å². The first-order chi connectivity index (χ1) is 16.8. The van der Waals surface area contributed by atoms with Crippen LogP contribution in [0.1, 0.15) is 21.5 Å². The summed E-state index contributed by atoms with van der Waals surface area (Å²) in [4.78, 5) is 25.6. The Morgan fingerprint density at radius 1 is 1.14 bits per heavy atom. The molecule has 1 aromatic carbocycles. The van der Waals surface area contributed by atoms with Gasteiger partial charge in [0, 0.05) is 17.7 Å². The molecule has 35 heavy (non-hydrogen) atoms. The number of allylic oxidation sites excluding steroid dienone is 2. The number of aliphatic imine (C=N–C) groups is 2. The first kappa shape index (κ1) is 21.8. The van der Waals surface area contributed by atoms with Crippen molar-refractivity contribution in [3.8, 4) is 0 Å². The Hall–Kier alpha value is -3.67. The van der Waals surface area contributed by atoms with Gasteiger partial charge in [-0.1, -0.05) is 0 Å². The van der Waals surface area contributed by atoms with Crippen LogP contribution in [0, 0.1) is 17.8 Å². The molecule has 4 aliphatic rings. The van der Waals surface area contributed by atoms with Crippen molar-refractivity contribution < 1.29 is 27.3 Å². The van der Waals surface area contributed by atoms with Gasteiger partial charge >= 0.3 is 6.18 Å². The number of hydrogen-bond acceptors (Lipinski definition) is 6. The quantitative estimate of drug-likeness (QED) is 0.516. The smallest absolute Gasteiger partial charge is 0.381 e. The molecule has 11 heteroatoms. The number of amidine groups is 1. The van der Waals surface area contributed by atoms with Gasteiger partial charge in [-0.2, -0.15) is 24.0 Å². The van der Waals surface area contributed by atoms with Crippen LogP contribution < -0.4 is 11.2 Å². The van der Waals surface area contributed by atoms with Crippen LogP contribution >= 0.6 is 0 Å². The highest BCUT2D eigenvalue weighted by atomic mass is 19.4. The number of nitrogens with two attached hydrogens (primary N) is 1. The number of benzene rings is 1. The van der Waals surface area contributed by atoms with Crippen LogP contribution in [0.4, 0.5) is 19.0 Å². The number of aromatic nitrogens is 1. The average molecular weight is 481 g/mol. The van der Waals surface area contributed by atoms with Gasteiger partial charge < -0.3 is 10.1 Å². The summed E-state index contributed by atoms with van der Waals surface area (Å²) in [6.45, 7) is 1.44. The minimum absolute atomic E-state index is 0.116. The van der Waals surface area contributed by atoms with Gasteiger partial charge in [0.25, 0.3) is 11.7 Å². The fourth-order valence-electron chi connectivity index (χ4n) is 4.93. The lowest BCUT2D eigenvalue weighted by Crippen LogP contribution is -2.53. The molecule has 1 saturated heterocycles. The molecule has 1 aromatic heterocycles. The van der Waals surface area contributed by atoms with E-state index in [2.05, 4.69) is 15.3 Å². The molecule has 2 aromatic rings. The zero-order valence-corrected chi connectivity index (χ0v) is 18.2. The number of alkyl halides is 3. The lowest BCUT2D eigenvalue weighted by Gasteiger charge is -2.26. The summed E-state index contributed by atoms with van der Waals surface area (Å²) in [5.74, 6) is 7.79. The molecule has 178 valence electrons. The average Bonchev–Trinajstić information content (AvgIpc) is 3.15. The van der Waals surface area contributed by atoms with Crippen molar-refractivity contribution in [3.63, 3.8) is 0 Å². The normalized spacial score (nSPS) is 28.6. The van der Waals surface area contributed by atoms with E-state index >= 15 is 0 Å². The molecule has 1 aliphatic carbocycles. The molecule has 1 unspecified atom stereocenters. The second-order valence-electron chi connectivity index (χ2n) is 8.91. The fraction of sp³-hybridized carbons (Fsp3) is 0.250. The van der Waals surface area contributed by atoms with E-state index in [1.165, 1.54) is 0 Å². The summed E-state index contributed by atoms with van der Waals surface area (Å²) in [6.07, 6.45) is 1.60. The molecule has 4 heterocycles. The Bertz CT molecular complexity index is 1340. The lowest BCUT2D eigenvalue weighted by atomic mass is 10.1. The zero-order valence-electron chi connectivity index (χ0n) is 18.2. The van der Waals surface area contributed by atoms with Crippen LogP contribution in [0.2, 0.25) is 0 Å². The molecule has 0 bridgehead atoms. The van der Waals surface area contributed by atoms with Crippen LogP contribution in [0.15, 0.2) is 76.4 Å². The number of nitrogens with one attached hydrogen (secondary N) is 1. The van der Waals surface area contributed by atoms with Crippen molar-refractivity contribution in [2.24, 2.45) is 33.6 Å². The van der Waals surface area contributed by atoms with Crippen LogP contribution in [-0.2, 0) is 10.9 Å². The molecule has 6 rings (SSSR count). The largest absolute Gasteiger partial charge is 0.416 e. The molecular formula is C24H20F3N6O2+. The summed E-state index contributed by atoms with van der Waals surface area (Å²) in [7, 11) is 0. The first-order valence-electron chi connectivity index (χ1n) is 11.0. The maximum Gasteiger partial charge on any atom is 0.416 e. The number of nitrogens with zero attached hydrogens (tertiary/aromatic N) is 4. The van der Waals surface area contributed by atoms with Crippen LogP contribution in [-0.4, -0.2) is 40.7 Å². The summed E-state index contributed by atoms with van der Waals surface area (Å²) < 4.78 is 44.2. The van der Waals surface area contributed by atoms with Crippen molar-refractivity contribution in [2.75, 3.05) is 18.5 Å². The predicted octanol–water partition coefficient (Wildman–Crippen LogP) is 3.46. The third kappa shape index (κ3) is 3.59. The highest BCUT2D eigenvalue weighted by molar-refractivity contribution is 6.05. The molecule has 3 aliphatic heterocycles. The highest BCUT2D eigenvalue weighted by Gasteiger charge is 2.60. The number of carbonyl (C=O) groups excluding carboxylic acids is 1. The van der Waals surface area contributed by atoms with E-state index in [1.807, 2.05) is 0 Å². The highest BCUT2D eigenvalue weighted by Crippen LogP contribution is 2.57. The molecule has 1 amide bonds. The minimum Gasteiger partial charge on any atom is -0.381 e. The van der Waals surface area contributed by atoms with Gasteiger partial charge in [0.1, 0.15) is 17.7 Å². The molecule has 2 fully saturated rings. The Morgan fingerprint density at radius 3 is 2.60 bits per heavy atom. The Labute approximate surface area is 197 Å². The first-order valence-corrected chi connectivity index (χ1v) is 11.0. The van der Waals surface area contributed by atoms with Gasteiger partial charge in [-0.25, -0.2) is 4.98 Å². The van der Waals surface area contributed by atoms with E-state index in [0.29, 0.717) is 23.6 Å². The van der Waals surface area contributed by atoms with Gasteiger partial charge in [-0.05, 0) is 48.2 Å². The van der Waals surface area contributed by atoms with Crippen LogP contribution in [0.5, 0.6) is 0 Å². The van der Waals surface area contributed by atoms with Gasteiger partial charge in [0.2, 0.25) is 5.70 Å². The Morgan fingerprint density at radius 2 is 1.89 bits per heavy atom. The standard InChI is InChI=1S/C24H19F3N6O2/c25-24(26,27)15-5-6-30-19(9-15)31-23(34)14-3-1-13(2-4-14)22-32-21(20-16-11-35-12-17(16)20)18-10-29-7-8-33(18,22)28/h1-10,16-17,20H,11-12,28H2/p+1/t16-,17+,20-,33?. The Kier molecular flexibility index (Phi) is 4.78. The molecular weight excluding hydrogens is 461 g/mol. The second kappa shape index (κ2) is 7.67. The number of ether oxygens (including phenoxy) is 1. The van der Waals surface area contributed by atoms with Crippen molar-refractivity contribution in [1.29, 1.82) is 0 Å². The number of pyridine rings is 1. The SMILES string of the molecule is N[N+]12C=CN=CC1=C([C@@H]1[C@@H]3COC[C@@H]31)N=C2c1ccc(C(=O)Nc2cc(C(F)(F)F)ccn2)cc1. The van der Waals surface area contributed by atoms with E-state index in [0.717, 1.165) is 48.5 Å². The van der Waals surface area contributed by atoms with Crippen molar-refractivity contribution >= 4 is 23.8 Å². The number of amides is 1. The summed E-state index contributed by atoms with van der Waals surface area (Å²) in [5, 5.41) is 2.41. The third-order valence-electron chi connectivity index (χ3n) is 6.82. The van der Waals surface area contributed by atoms with Gasteiger partial charge in [-0.15, -0.1) is 4.59 Å². The number of halogens is 3. The van der Waals surface area contributed by atoms with E-state index < -0.39 is 17.6 Å². The molecule has 0 radical (unpaired) electrons. The second-order valence-corrected chi connectivity index (χ2v) is 8.91. The summed E-state index contributed by atoms with van der Waals surface area (Å²) in [5.41, 5.74) is 1.83. The van der Waals surface area contributed by atoms with Crippen molar-refractivity contribution in [1.82, 2.24) is 4.98 Å². The summed E-state index contributed by atoms with van der Waals surface area (Å²) in [6, 6.07) is 8.22. The maximum absolute atomic E-state index is 12.9. The van der Waals surface area contributed by atoms with E-state index in [4.69, 9.17) is 15.6 Å². The lowest BCUT2D eigenvalue weighted by molar-refractivity contribution is -0.750.